The number of hydrogen-bond acceptors (Lipinski definition) is 7. The number of carbonyl (C=O) groups excluding carboxylic acids is 2. The van der Waals surface area contributed by atoms with Crippen LogP contribution in [0.1, 0.15) is 6.42 Å². The molecule has 12 heteroatoms. The third kappa shape index (κ3) is 4.12. The lowest BCUT2D eigenvalue weighted by Gasteiger charge is -2.36. The highest BCUT2D eigenvalue weighted by atomic mass is 32.2. The van der Waals surface area contributed by atoms with Gasteiger partial charge >= 0.3 is 0 Å². The molecule has 2 amide bonds. The maximum absolute atomic E-state index is 14.1. The summed E-state index contributed by atoms with van der Waals surface area (Å²) in [6.45, 7) is 0.0897. The van der Waals surface area contributed by atoms with Gasteiger partial charge in [-0.3, -0.25) is 14.5 Å². The summed E-state index contributed by atoms with van der Waals surface area (Å²) in [6, 6.07) is 6.80. The number of imide groups is 1. The summed E-state index contributed by atoms with van der Waals surface area (Å²) in [5.74, 6) is -2.35. The van der Waals surface area contributed by atoms with Gasteiger partial charge in [-0.2, -0.15) is 4.31 Å². The van der Waals surface area contributed by atoms with Crippen molar-refractivity contribution in [2.75, 3.05) is 45.3 Å². The Morgan fingerprint density at radius 3 is 2.12 bits per heavy atom. The molecule has 182 valence electrons. The zero-order chi connectivity index (χ0) is 24.6. The van der Waals surface area contributed by atoms with Crippen LogP contribution < -0.4 is 14.4 Å². The van der Waals surface area contributed by atoms with E-state index in [4.69, 9.17) is 9.47 Å². The molecule has 0 bridgehead atoms. The minimum Gasteiger partial charge on any atom is -0.493 e. The number of hydrogen-bond donors (Lipinski definition) is 0. The number of piperazine rings is 1. The van der Waals surface area contributed by atoms with E-state index < -0.39 is 44.4 Å². The molecule has 34 heavy (non-hydrogen) atoms. The highest BCUT2D eigenvalue weighted by Gasteiger charge is 2.44. The second-order valence-corrected chi connectivity index (χ2v) is 9.69. The third-order valence-corrected chi connectivity index (χ3v) is 7.93. The fourth-order valence-corrected chi connectivity index (χ4v) is 5.78. The molecule has 2 aromatic carbocycles. The van der Waals surface area contributed by atoms with Crippen LogP contribution in [0.4, 0.5) is 14.5 Å². The zero-order valence-electron chi connectivity index (χ0n) is 18.5. The molecule has 2 aromatic rings. The SMILES string of the molecule is COc1ccc(N2C(=O)C[C@H](N3CCN(S(=O)(=O)c4c(F)cccc4F)CC3)C2=O)cc1OC. The van der Waals surface area contributed by atoms with Gasteiger partial charge in [0.25, 0.3) is 5.91 Å². The quantitative estimate of drug-likeness (QED) is 0.562. The Balaban J connectivity index is 1.48. The van der Waals surface area contributed by atoms with Gasteiger partial charge in [-0.05, 0) is 24.3 Å². The molecule has 9 nitrogen and oxygen atoms in total. The van der Waals surface area contributed by atoms with Crippen LogP contribution in [-0.2, 0) is 19.6 Å². The Morgan fingerprint density at radius 2 is 1.53 bits per heavy atom. The smallest absolute Gasteiger partial charge is 0.251 e. The molecule has 2 heterocycles. The molecule has 0 saturated carbocycles. The highest BCUT2D eigenvalue weighted by molar-refractivity contribution is 7.89. The number of halogens is 2. The molecule has 0 spiro atoms. The number of carbonyl (C=O) groups is 2. The van der Waals surface area contributed by atoms with E-state index in [9.17, 15) is 26.8 Å². The minimum absolute atomic E-state index is 0.0676. The van der Waals surface area contributed by atoms with Crippen molar-refractivity contribution >= 4 is 27.5 Å². The van der Waals surface area contributed by atoms with Crippen LogP contribution in [0, 0.1) is 11.6 Å². The predicted molar refractivity (Wildman–Crippen MR) is 117 cm³/mol. The fourth-order valence-electron chi connectivity index (χ4n) is 4.25. The van der Waals surface area contributed by atoms with E-state index in [2.05, 4.69) is 0 Å². The van der Waals surface area contributed by atoms with Crippen molar-refractivity contribution in [3.63, 3.8) is 0 Å². The molecule has 0 aliphatic carbocycles. The highest BCUT2D eigenvalue weighted by Crippen LogP contribution is 2.34. The van der Waals surface area contributed by atoms with Gasteiger partial charge in [-0.1, -0.05) is 6.07 Å². The van der Waals surface area contributed by atoms with E-state index >= 15 is 0 Å². The largest absolute Gasteiger partial charge is 0.493 e. The van der Waals surface area contributed by atoms with Crippen molar-refractivity contribution in [3.05, 3.63) is 48.0 Å². The van der Waals surface area contributed by atoms with E-state index in [0.29, 0.717) is 17.2 Å². The summed E-state index contributed by atoms with van der Waals surface area (Å²) in [5.41, 5.74) is 0.339. The molecule has 4 rings (SSSR count). The molecule has 0 N–H and O–H groups in total. The second-order valence-electron chi connectivity index (χ2n) is 7.82. The van der Waals surface area contributed by atoms with E-state index in [0.717, 1.165) is 27.4 Å². The number of methoxy groups -OCH3 is 2. The normalized spacial score (nSPS) is 20.1. The number of ether oxygens (including phenoxy) is 2. The first kappa shape index (κ1) is 24.0. The Hall–Kier alpha value is -3.09. The maximum atomic E-state index is 14.1. The number of rotatable bonds is 6. The predicted octanol–water partition coefficient (Wildman–Crippen LogP) is 1.62. The molecular weight excluding hydrogens is 472 g/mol. The Labute approximate surface area is 195 Å². The Morgan fingerprint density at radius 1 is 0.912 bits per heavy atom. The van der Waals surface area contributed by atoms with Gasteiger partial charge in [0.15, 0.2) is 16.4 Å². The standard InChI is InChI=1S/C22H23F2N3O6S/c1-32-18-7-6-14(12-19(18)33-2)27-20(28)13-17(22(27)29)25-8-10-26(11-9-25)34(30,31)21-15(23)4-3-5-16(21)24/h3-7,12,17H,8-11,13H2,1-2H3/t17-/m0/s1. The summed E-state index contributed by atoms with van der Waals surface area (Å²) in [4.78, 5) is 27.6. The monoisotopic (exact) mass is 495 g/mol. The lowest BCUT2D eigenvalue weighted by molar-refractivity contribution is -0.123. The van der Waals surface area contributed by atoms with Crippen LogP contribution in [0.3, 0.4) is 0 Å². The van der Waals surface area contributed by atoms with Gasteiger partial charge in [-0.15, -0.1) is 0 Å². The topological polar surface area (TPSA) is 96.5 Å². The fraction of sp³-hybridized carbons (Fsp3) is 0.364. The number of nitrogens with zero attached hydrogens (tertiary/aromatic N) is 3. The van der Waals surface area contributed by atoms with Crippen molar-refractivity contribution in [2.24, 2.45) is 0 Å². The lowest BCUT2D eigenvalue weighted by atomic mass is 10.2. The molecular formula is C22H23F2N3O6S. The number of benzene rings is 2. The van der Waals surface area contributed by atoms with Crippen molar-refractivity contribution in [1.29, 1.82) is 0 Å². The minimum atomic E-state index is -4.39. The Bertz CT molecular complexity index is 1210. The summed E-state index contributed by atoms with van der Waals surface area (Å²) in [5, 5.41) is 0. The molecule has 0 unspecified atom stereocenters. The summed E-state index contributed by atoms with van der Waals surface area (Å²) < 4.78 is 65.1. The molecule has 2 saturated heterocycles. The summed E-state index contributed by atoms with van der Waals surface area (Å²) in [6.07, 6.45) is -0.0676. The first-order valence-corrected chi connectivity index (χ1v) is 11.9. The van der Waals surface area contributed by atoms with Crippen LogP contribution in [0.5, 0.6) is 11.5 Å². The first-order valence-electron chi connectivity index (χ1n) is 10.5. The van der Waals surface area contributed by atoms with Crippen LogP contribution in [0.25, 0.3) is 0 Å². The van der Waals surface area contributed by atoms with Gasteiger partial charge < -0.3 is 9.47 Å². The Kier molecular flexibility index (Phi) is 6.56. The molecule has 2 fully saturated rings. The van der Waals surface area contributed by atoms with Gasteiger partial charge in [0.2, 0.25) is 15.9 Å². The van der Waals surface area contributed by atoms with Crippen molar-refractivity contribution in [1.82, 2.24) is 9.21 Å². The number of anilines is 1. The van der Waals surface area contributed by atoms with Crippen LogP contribution in [-0.4, -0.2) is 75.9 Å². The van der Waals surface area contributed by atoms with E-state index in [-0.39, 0.29) is 32.6 Å². The van der Waals surface area contributed by atoms with Gasteiger partial charge in [-0.25, -0.2) is 22.1 Å². The van der Waals surface area contributed by atoms with Crippen molar-refractivity contribution in [2.45, 2.75) is 17.4 Å². The van der Waals surface area contributed by atoms with Crippen LogP contribution >= 0.6 is 0 Å². The van der Waals surface area contributed by atoms with Crippen LogP contribution in [0.2, 0.25) is 0 Å². The average Bonchev–Trinajstić information content (AvgIpc) is 3.12. The zero-order valence-corrected chi connectivity index (χ0v) is 19.3. The van der Waals surface area contributed by atoms with E-state index in [1.807, 2.05) is 0 Å². The second kappa shape index (κ2) is 9.28. The molecule has 1 atom stereocenters. The summed E-state index contributed by atoms with van der Waals surface area (Å²) >= 11 is 0. The summed E-state index contributed by atoms with van der Waals surface area (Å²) in [7, 11) is -1.48. The van der Waals surface area contributed by atoms with E-state index in [1.54, 1.807) is 17.0 Å². The maximum Gasteiger partial charge on any atom is 0.251 e. The van der Waals surface area contributed by atoms with Crippen molar-refractivity contribution < 1.29 is 36.3 Å². The number of sulfonamides is 1. The number of amides is 2. The average molecular weight is 496 g/mol. The van der Waals surface area contributed by atoms with E-state index in [1.165, 1.54) is 20.3 Å². The van der Waals surface area contributed by atoms with Gasteiger partial charge in [0, 0.05) is 32.2 Å². The van der Waals surface area contributed by atoms with Crippen LogP contribution in [0.15, 0.2) is 41.3 Å². The van der Waals surface area contributed by atoms with Gasteiger partial charge in [0.1, 0.15) is 11.6 Å². The molecule has 0 radical (unpaired) electrons. The lowest BCUT2D eigenvalue weighted by Crippen LogP contribution is -2.53. The van der Waals surface area contributed by atoms with Gasteiger partial charge in [0.05, 0.1) is 32.4 Å². The first-order chi connectivity index (χ1) is 16.2. The molecule has 0 aromatic heterocycles. The molecule has 2 aliphatic rings. The third-order valence-electron chi connectivity index (χ3n) is 5.98. The molecule has 2 aliphatic heterocycles. The van der Waals surface area contributed by atoms with Crippen molar-refractivity contribution in [3.8, 4) is 11.5 Å².